The molecule has 0 radical (unpaired) electrons. The van der Waals surface area contributed by atoms with Gasteiger partial charge in [0.05, 0.1) is 13.1 Å². The van der Waals surface area contributed by atoms with Gasteiger partial charge in [-0.05, 0) is 26.0 Å². The van der Waals surface area contributed by atoms with Crippen molar-refractivity contribution < 1.29 is 38.1 Å². The molecule has 4 N–H and O–H groups in total. The summed E-state index contributed by atoms with van der Waals surface area (Å²) in [5.41, 5.74) is 13.3. The van der Waals surface area contributed by atoms with Crippen LogP contribution in [0.1, 0.15) is 30.2 Å². The van der Waals surface area contributed by atoms with E-state index in [0.29, 0.717) is 0 Å². The number of imidazole rings is 1. The number of para-hydroxylation sites is 2. The molecule has 0 fully saturated rings. The van der Waals surface area contributed by atoms with Gasteiger partial charge in [0.2, 0.25) is 0 Å². The second-order valence-corrected chi connectivity index (χ2v) is 5.96. The highest BCUT2D eigenvalue weighted by atomic mass is 127. The van der Waals surface area contributed by atoms with E-state index in [1.165, 1.54) is 0 Å². The van der Waals surface area contributed by atoms with E-state index in [1.54, 1.807) is 0 Å². The number of nitrogen functional groups attached to an aromatic ring is 2. The van der Waals surface area contributed by atoms with Gasteiger partial charge >= 0.3 is 5.97 Å². The molecule has 144 valence electrons. The number of rotatable bonds is 5. The molecular weight excluding hydrogens is 483 g/mol. The fourth-order valence-electron chi connectivity index (χ4n) is 3.00. The summed E-state index contributed by atoms with van der Waals surface area (Å²) in [6, 6.07) is 8.05. The first-order chi connectivity index (χ1) is 12.5. The topological polar surface area (TPSA) is 113 Å². The number of carbonyl (C=O) groups excluding carboxylic acids is 1. The van der Waals surface area contributed by atoms with Gasteiger partial charge in [-0.15, -0.1) is 0 Å². The first-order valence-electron chi connectivity index (χ1n) is 8.23. The summed E-state index contributed by atoms with van der Waals surface area (Å²) < 4.78 is 9.66. The van der Waals surface area contributed by atoms with E-state index in [1.807, 2.05) is 38.1 Å². The summed E-state index contributed by atoms with van der Waals surface area (Å²) in [5, 5.41) is -0.0857. The average molecular weight is 503 g/mol. The molecule has 1 aromatic carbocycles. The van der Waals surface area contributed by atoms with Crippen molar-refractivity contribution in [3.8, 4) is 0 Å². The number of benzene rings is 1. The number of carbonyl (C=O) groups is 1. The third-order valence-electron chi connectivity index (χ3n) is 4.15. The maximum atomic E-state index is 12.4. The number of nitrogens with two attached hydrogens (primary N) is 2. The number of halogens is 2. The van der Waals surface area contributed by atoms with Crippen LogP contribution in [0.5, 0.6) is 0 Å². The number of nitrogens with zero attached hydrogens (tertiary/aromatic N) is 4. The first-order valence-corrected chi connectivity index (χ1v) is 8.61. The Kier molecular flexibility index (Phi) is 6.82. The Morgan fingerprint density at radius 2 is 1.93 bits per heavy atom. The van der Waals surface area contributed by atoms with Gasteiger partial charge in [-0.2, -0.15) is 0 Å². The van der Waals surface area contributed by atoms with E-state index in [4.69, 9.17) is 27.8 Å². The smallest absolute Gasteiger partial charge is 0.361 e. The third kappa shape index (κ3) is 3.93. The molecule has 2 heterocycles. The van der Waals surface area contributed by atoms with Gasteiger partial charge in [-0.1, -0.05) is 23.7 Å². The van der Waals surface area contributed by atoms with Crippen molar-refractivity contribution in [1.29, 1.82) is 0 Å². The van der Waals surface area contributed by atoms with Gasteiger partial charge in [0.15, 0.2) is 40.1 Å². The Balaban J connectivity index is 0.00000261. The van der Waals surface area contributed by atoms with Crippen LogP contribution in [-0.2, 0) is 24.4 Å². The monoisotopic (exact) mass is 502 g/mol. The van der Waals surface area contributed by atoms with Gasteiger partial charge in [-0.3, -0.25) is 0 Å². The lowest BCUT2D eigenvalue weighted by Crippen LogP contribution is -3.00. The molecule has 0 amide bonds. The minimum absolute atomic E-state index is 0. The van der Waals surface area contributed by atoms with Gasteiger partial charge in [0.25, 0.3) is 5.82 Å². The zero-order chi connectivity index (χ0) is 18.8. The fourth-order valence-corrected chi connectivity index (χ4v) is 3.12. The average Bonchev–Trinajstić information content (AvgIpc) is 2.95. The second-order valence-electron chi connectivity index (χ2n) is 5.60. The van der Waals surface area contributed by atoms with Crippen molar-refractivity contribution in [3.63, 3.8) is 0 Å². The summed E-state index contributed by atoms with van der Waals surface area (Å²) in [6.45, 7) is 5.65. The van der Waals surface area contributed by atoms with E-state index in [9.17, 15) is 4.79 Å². The van der Waals surface area contributed by atoms with Crippen LogP contribution in [0.4, 0.5) is 11.6 Å². The van der Waals surface area contributed by atoms with Crippen molar-refractivity contribution in [3.05, 3.63) is 40.9 Å². The predicted octanol–water partition coefficient (Wildman–Crippen LogP) is -1.06. The molecule has 0 aliphatic heterocycles. The zero-order valence-electron chi connectivity index (χ0n) is 14.9. The Labute approximate surface area is 178 Å². The van der Waals surface area contributed by atoms with E-state index >= 15 is 0 Å². The standard InChI is InChI=1S/C17H19ClN6O2.HI/c1-3-23-10-7-5-6-8-11(10)24(4-2)12(23)9-26-17(25)13-15(19)22-16(20)14(18)21-13;/h5-8H,3-4,9H2,1-2H3,(H3-,19,20,22,25);1H. The molecule has 27 heavy (non-hydrogen) atoms. The normalized spacial score (nSPS) is 10.6. The van der Waals surface area contributed by atoms with E-state index in [-0.39, 0.29) is 53.1 Å². The molecule has 3 aromatic rings. The molecule has 0 spiro atoms. The highest BCUT2D eigenvalue weighted by molar-refractivity contribution is 6.31. The molecule has 3 rings (SSSR count). The number of esters is 1. The van der Waals surface area contributed by atoms with Crippen molar-refractivity contribution in [2.75, 3.05) is 11.5 Å². The van der Waals surface area contributed by atoms with Crippen molar-refractivity contribution >= 4 is 40.2 Å². The van der Waals surface area contributed by atoms with E-state index < -0.39 is 5.97 Å². The van der Waals surface area contributed by atoms with Crippen LogP contribution in [0.2, 0.25) is 5.15 Å². The molecule has 0 aliphatic rings. The molecule has 0 saturated carbocycles. The Bertz CT molecular complexity index is 950. The number of anilines is 2. The zero-order valence-corrected chi connectivity index (χ0v) is 17.9. The molecule has 2 aromatic heterocycles. The van der Waals surface area contributed by atoms with Crippen LogP contribution in [-0.4, -0.2) is 20.5 Å². The number of hydrogen-bond donors (Lipinski definition) is 2. The fraction of sp³-hybridized carbons (Fsp3) is 0.294. The number of aromatic nitrogens is 4. The van der Waals surface area contributed by atoms with Crippen LogP contribution in [0.15, 0.2) is 24.3 Å². The largest absolute Gasteiger partial charge is 1.00 e. The van der Waals surface area contributed by atoms with Crippen LogP contribution in [0, 0.1) is 0 Å². The molecule has 0 unspecified atom stereocenters. The second kappa shape index (κ2) is 8.70. The number of fused-ring (bicyclic) bond motifs is 1. The molecule has 8 nitrogen and oxygen atoms in total. The number of aryl methyl sites for hydroxylation is 2. The van der Waals surface area contributed by atoms with Gasteiger partial charge < -0.3 is 40.2 Å². The van der Waals surface area contributed by atoms with Crippen molar-refractivity contribution in [2.45, 2.75) is 33.5 Å². The van der Waals surface area contributed by atoms with Gasteiger partial charge in [-0.25, -0.2) is 23.9 Å². The minimum atomic E-state index is -0.701. The van der Waals surface area contributed by atoms with Crippen LogP contribution in [0.3, 0.4) is 0 Å². The lowest BCUT2D eigenvalue weighted by molar-refractivity contribution is -0.678. The molecule has 0 saturated heterocycles. The summed E-state index contributed by atoms with van der Waals surface area (Å²) in [5.74, 6) is 0.0250. The SMILES string of the molecule is CCn1c(COC(=O)c2nc(Cl)c(N)nc2N)[n+](CC)c2ccccc21.[I-]. The molecule has 0 aliphatic carbocycles. The highest BCUT2D eigenvalue weighted by Crippen LogP contribution is 2.19. The van der Waals surface area contributed by atoms with Crippen LogP contribution in [0.25, 0.3) is 11.0 Å². The maximum absolute atomic E-state index is 12.4. The Hall–Kier alpha value is -2.14. The van der Waals surface area contributed by atoms with Gasteiger partial charge in [0.1, 0.15) is 0 Å². The van der Waals surface area contributed by atoms with Crippen LogP contribution >= 0.6 is 11.6 Å². The lowest BCUT2D eigenvalue weighted by Gasteiger charge is -2.07. The lowest BCUT2D eigenvalue weighted by atomic mass is 10.3. The quantitative estimate of drug-likeness (QED) is 0.261. The predicted molar refractivity (Wildman–Crippen MR) is 98.5 cm³/mol. The Morgan fingerprint density at radius 1 is 1.22 bits per heavy atom. The van der Waals surface area contributed by atoms with Crippen molar-refractivity contribution in [1.82, 2.24) is 14.5 Å². The summed E-state index contributed by atoms with van der Waals surface area (Å²) in [7, 11) is 0. The molecule has 0 bridgehead atoms. The van der Waals surface area contributed by atoms with Crippen LogP contribution < -0.4 is 40.0 Å². The molecule has 10 heteroatoms. The minimum Gasteiger partial charge on any atom is -1.00 e. The summed E-state index contributed by atoms with van der Waals surface area (Å²) >= 11 is 5.83. The van der Waals surface area contributed by atoms with E-state index in [0.717, 1.165) is 29.9 Å². The number of hydrogen-bond acceptors (Lipinski definition) is 6. The highest BCUT2D eigenvalue weighted by Gasteiger charge is 2.25. The Morgan fingerprint density at radius 3 is 2.59 bits per heavy atom. The van der Waals surface area contributed by atoms with E-state index in [2.05, 4.69) is 19.1 Å². The molecular formula is C17H20ClIN6O2. The number of ether oxygens (including phenoxy) is 1. The molecule has 0 atom stereocenters. The van der Waals surface area contributed by atoms with Gasteiger partial charge in [0, 0.05) is 0 Å². The first kappa shape index (κ1) is 21.2. The summed E-state index contributed by atoms with van der Waals surface area (Å²) in [4.78, 5) is 20.1. The van der Waals surface area contributed by atoms with Crippen molar-refractivity contribution in [2.24, 2.45) is 0 Å². The summed E-state index contributed by atoms with van der Waals surface area (Å²) in [6.07, 6.45) is 0. The maximum Gasteiger partial charge on any atom is 0.361 e. The third-order valence-corrected chi connectivity index (χ3v) is 4.43.